The summed E-state index contributed by atoms with van der Waals surface area (Å²) in [6.45, 7) is 0.979. The Morgan fingerprint density at radius 3 is 2.81 bits per heavy atom. The lowest BCUT2D eigenvalue weighted by atomic mass is 10.3. The van der Waals surface area contributed by atoms with Crippen LogP contribution in [0.4, 0.5) is 0 Å². The van der Waals surface area contributed by atoms with Crippen molar-refractivity contribution in [1.82, 2.24) is 10.2 Å². The summed E-state index contributed by atoms with van der Waals surface area (Å²) in [5.41, 5.74) is 1.39. The van der Waals surface area contributed by atoms with Crippen LogP contribution in [-0.2, 0) is 6.54 Å². The Kier molecular flexibility index (Phi) is 2.86. The van der Waals surface area contributed by atoms with Crippen molar-refractivity contribution >= 4 is 28.7 Å². The number of hydrogen-bond donors (Lipinski definition) is 1. The van der Waals surface area contributed by atoms with Gasteiger partial charge in [-0.05, 0) is 60.3 Å². The number of thiophene rings is 1. The fourth-order valence-corrected chi connectivity index (χ4v) is 2.86. The molecule has 0 bridgehead atoms. The standard InChI is InChI=1S/C12H16N2S2/c15-12(13-10-1-2-10)14(11-3-4-11)7-9-5-6-16-8-9/h5-6,8,10-11H,1-4,7H2,(H,13,15). The molecule has 1 aromatic rings. The highest BCUT2D eigenvalue weighted by molar-refractivity contribution is 7.80. The molecule has 2 aliphatic rings. The Hall–Kier alpha value is -0.610. The highest BCUT2D eigenvalue weighted by atomic mass is 32.1. The summed E-state index contributed by atoms with van der Waals surface area (Å²) in [6.07, 6.45) is 5.18. The van der Waals surface area contributed by atoms with Crippen LogP contribution >= 0.6 is 23.6 Å². The van der Waals surface area contributed by atoms with Crippen LogP contribution in [0.3, 0.4) is 0 Å². The monoisotopic (exact) mass is 252 g/mol. The van der Waals surface area contributed by atoms with Gasteiger partial charge in [-0.25, -0.2) is 0 Å². The lowest BCUT2D eigenvalue weighted by Crippen LogP contribution is -2.41. The Morgan fingerprint density at radius 2 is 2.25 bits per heavy atom. The van der Waals surface area contributed by atoms with E-state index in [1.807, 2.05) is 0 Å². The van der Waals surface area contributed by atoms with Gasteiger partial charge in [-0.3, -0.25) is 0 Å². The summed E-state index contributed by atoms with van der Waals surface area (Å²) in [6, 6.07) is 3.55. The normalized spacial score (nSPS) is 19.5. The van der Waals surface area contributed by atoms with Crippen molar-refractivity contribution in [2.24, 2.45) is 0 Å². The molecule has 1 N–H and O–H groups in total. The van der Waals surface area contributed by atoms with Crippen molar-refractivity contribution in [3.05, 3.63) is 22.4 Å². The Labute approximate surface area is 106 Å². The van der Waals surface area contributed by atoms with Crippen molar-refractivity contribution in [2.45, 2.75) is 44.3 Å². The van der Waals surface area contributed by atoms with Gasteiger partial charge in [0.2, 0.25) is 0 Å². The van der Waals surface area contributed by atoms with Crippen molar-refractivity contribution in [2.75, 3.05) is 0 Å². The van der Waals surface area contributed by atoms with Crippen LogP contribution in [0.1, 0.15) is 31.2 Å². The van der Waals surface area contributed by atoms with E-state index < -0.39 is 0 Å². The van der Waals surface area contributed by atoms with Gasteiger partial charge in [0.1, 0.15) is 0 Å². The van der Waals surface area contributed by atoms with Crippen LogP contribution in [0.5, 0.6) is 0 Å². The van der Waals surface area contributed by atoms with Gasteiger partial charge in [-0.15, -0.1) is 0 Å². The second-order valence-corrected chi connectivity index (χ2v) is 5.88. The van der Waals surface area contributed by atoms with Gasteiger partial charge in [0.25, 0.3) is 0 Å². The number of thiocarbonyl (C=S) groups is 1. The molecule has 2 nitrogen and oxygen atoms in total. The van der Waals surface area contributed by atoms with E-state index in [0.717, 1.165) is 11.7 Å². The summed E-state index contributed by atoms with van der Waals surface area (Å²) >= 11 is 7.26. The smallest absolute Gasteiger partial charge is 0.169 e. The van der Waals surface area contributed by atoms with Crippen LogP contribution in [0, 0.1) is 0 Å². The maximum atomic E-state index is 5.50. The van der Waals surface area contributed by atoms with Gasteiger partial charge in [0, 0.05) is 18.6 Å². The average Bonchev–Trinajstić information content (AvgIpc) is 3.18. The molecule has 16 heavy (non-hydrogen) atoms. The topological polar surface area (TPSA) is 15.3 Å². The lowest BCUT2D eigenvalue weighted by molar-refractivity contribution is 0.396. The third-order valence-electron chi connectivity index (χ3n) is 3.09. The van der Waals surface area contributed by atoms with E-state index in [-0.39, 0.29) is 0 Å². The number of nitrogens with zero attached hydrogens (tertiary/aromatic N) is 1. The molecule has 0 radical (unpaired) electrons. The molecule has 0 aliphatic heterocycles. The molecule has 1 aromatic heterocycles. The fourth-order valence-electron chi connectivity index (χ4n) is 1.82. The molecule has 0 unspecified atom stereocenters. The predicted molar refractivity (Wildman–Crippen MR) is 71.6 cm³/mol. The summed E-state index contributed by atoms with van der Waals surface area (Å²) in [5, 5.41) is 8.77. The number of hydrogen-bond acceptors (Lipinski definition) is 2. The molecule has 2 fully saturated rings. The van der Waals surface area contributed by atoms with E-state index in [1.165, 1.54) is 31.2 Å². The second kappa shape index (κ2) is 4.34. The van der Waals surface area contributed by atoms with Gasteiger partial charge < -0.3 is 10.2 Å². The SMILES string of the molecule is S=C(NC1CC1)N(Cc1ccsc1)C1CC1. The van der Waals surface area contributed by atoms with Gasteiger partial charge in [-0.1, -0.05) is 0 Å². The summed E-state index contributed by atoms with van der Waals surface area (Å²) in [5.74, 6) is 0. The zero-order chi connectivity index (χ0) is 11.0. The van der Waals surface area contributed by atoms with E-state index in [0.29, 0.717) is 12.1 Å². The summed E-state index contributed by atoms with van der Waals surface area (Å²) < 4.78 is 0. The van der Waals surface area contributed by atoms with Crippen LogP contribution in [0.25, 0.3) is 0 Å². The largest absolute Gasteiger partial charge is 0.360 e. The average molecular weight is 252 g/mol. The first-order valence-electron chi connectivity index (χ1n) is 5.91. The van der Waals surface area contributed by atoms with Gasteiger partial charge >= 0.3 is 0 Å². The third kappa shape index (κ3) is 2.55. The van der Waals surface area contributed by atoms with Crippen LogP contribution < -0.4 is 5.32 Å². The van der Waals surface area contributed by atoms with Crippen LogP contribution in [0.15, 0.2) is 16.8 Å². The first kappa shape index (κ1) is 10.5. The molecule has 86 valence electrons. The van der Waals surface area contributed by atoms with Crippen molar-refractivity contribution in [1.29, 1.82) is 0 Å². The molecule has 2 saturated carbocycles. The minimum absolute atomic E-state index is 0.663. The zero-order valence-electron chi connectivity index (χ0n) is 9.19. The molecule has 0 aromatic carbocycles. The third-order valence-corrected chi connectivity index (χ3v) is 4.17. The van der Waals surface area contributed by atoms with E-state index in [4.69, 9.17) is 12.2 Å². The van der Waals surface area contributed by atoms with E-state index >= 15 is 0 Å². The van der Waals surface area contributed by atoms with Crippen molar-refractivity contribution in [3.63, 3.8) is 0 Å². The molecular weight excluding hydrogens is 236 g/mol. The molecule has 2 aliphatic carbocycles. The Balaban J connectivity index is 1.63. The summed E-state index contributed by atoms with van der Waals surface area (Å²) in [4.78, 5) is 2.37. The van der Waals surface area contributed by atoms with Gasteiger partial charge in [0.05, 0.1) is 0 Å². The van der Waals surface area contributed by atoms with Crippen molar-refractivity contribution < 1.29 is 0 Å². The quantitative estimate of drug-likeness (QED) is 0.830. The Morgan fingerprint density at radius 1 is 1.44 bits per heavy atom. The molecule has 0 saturated heterocycles. The second-order valence-electron chi connectivity index (χ2n) is 4.71. The first-order chi connectivity index (χ1) is 7.83. The molecule has 3 rings (SSSR count). The minimum Gasteiger partial charge on any atom is -0.360 e. The number of nitrogens with one attached hydrogen (secondary N) is 1. The molecule has 0 amide bonds. The molecule has 4 heteroatoms. The highest BCUT2D eigenvalue weighted by Crippen LogP contribution is 2.29. The zero-order valence-corrected chi connectivity index (χ0v) is 10.8. The summed E-state index contributed by atoms with van der Waals surface area (Å²) in [7, 11) is 0. The highest BCUT2D eigenvalue weighted by Gasteiger charge is 2.32. The van der Waals surface area contributed by atoms with E-state index in [1.54, 1.807) is 11.3 Å². The molecule has 0 atom stereocenters. The van der Waals surface area contributed by atoms with Crippen LogP contribution in [0.2, 0.25) is 0 Å². The predicted octanol–water partition coefficient (Wildman–Crippen LogP) is 2.75. The minimum atomic E-state index is 0.663. The molecule has 1 heterocycles. The van der Waals surface area contributed by atoms with Gasteiger partial charge in [0.15, 0.2) is 5.11 Å². The van der Waals surface area contributed by atoms with E-state index in [2.05, 4.69) is 27.0 Å². The van der Waals surface area contributed by atoms with E-state index in [9.17, 15) is 0 Å². The lowest BCUT2D eigenvalue weighted by Gasteiger charge is -2.25. The van der Waals surface area contributed by atoms with Crippen molar-refractivity contribution in [3.8, 4) is 0 Å². The first-order valence-corrected chi connectivity index (χ1v) is 7.26. The molecular formula is C12H16N2S2. The maximum Gasteiger partial charge on any atom is 0.169 e. The fraction of sp³-hybridized carbons (Fsp3) is 0.583. The number of rotatable bonds is 4. The maximum absolute atomic E-state index is 5.50. The Bertz CT molecular complexity index is 366. The molecule has 0 spiro atoms. The van der Waals surface area contributed by atoms with Gasteiger partial charge in [-0.2, -0.15) is 11.3 Å². The van der Waals surface area contributed by atoms with Crippen LogP contribution in [-0.4, -0.2) is 22.1 Å².